The molecule has 5 rings (SSSR count). The Morgan fingerprint density at radius 3 is 2.59 bits per heavy atom. The minimum absolute atomic E-state index is 0.212. The molecule has 0 fully saturated rings. The van der Waals surface area contributed by atoms with Gasteiger partial charge in [-0.05, 0) is 35.6 Å². The van der Waals surface area contributed by atoms with Gasteiger partial charge in [-0.2, -0.15) is 0 Å². The summed E-state index contributed by atoms with van der Waals surface area (Å²) in [5.74, 6) is 0. The lowest BCUT2D eigenvalue weighted by atomic mass is 9.97. The third kappa shape index (κ3) is 1.66. The summed E-state index contributed by atoms with van der Waals surface area (Å²) in [6.07, 6.45) is 1.08. The van der Waals surface area contributed by atoms with Crippen LogP contribution in [0, 0.1) is 0 Å². The van der Waals surface area contributed by atoms with E-state index in [1.165, 1.54) is 38.8 Å². The van der Waals surface area contributed by atoms with Gasteiger partial charge < -0.3 is 15.3 Å². The molecule has 1 aliphatic rings. The van der Waals surface area contributed by atoms with Crippen LogP contribution in [0.15, 0.2) is 54.6 Å². The van der Waals surface area contributed by atoms with Crippen molar-refractivity contribution in [2.45, 2.75) is 12.5 Å². The van der Waals surface area contributed by atoms with Crippen molar-refractivity contribution in [2.75, 3.05) is 6.54 Å². The maximum absolute atomic E-state index is 3.65. The van der Waals surface area contributed by atoms with Crippen molar-refractivity contribution in [3.8, 4) is 0 Å². The second-order valence-corrected chi connectivity index (χ2v) is 6.01. The van der Waals surface area contributed by atoms with Crippen LogP contribution in [0.2, 0.25) is 0 Å². The van der Waals surface area contributed by atoms with E-state index in [1.807, 2.05) is 0 Å². The van der Waals surface area contributed by atoms with Crippen LogP contribution in [0.3, 0.4) is 0 Å². The van der Waals surface area contributed by atoms with Crippen molar-refractivity contribution in [1.29, 1.82) is 0 Å². The summed E-state index contributed by atoms with van der Waals surface area (Å²) in [5.41, 5.74) is 6.42. The molecule has 108 valence electrons. The average molecular weight is 287 g/mol. The number of aromatic nitrogens is 2. The summed E-state index contributed by atoms with van der Waals surface area (Å²) in [6.45, 7) is 1.01. The topological polar surface area (TPSA) is 43.6 Å². The SMILES string of the molecule is c1ccc2[nH]c(C3NCCc4c3[nH]c3ccccc43)cc2c1. The van der Waals surface area contributed by atoms with E-state index in [4.69, 9.17) is 0 Å². The first kappa shape index (κ1) is 12.1. The molecule has 2 aromatic heterocycles. The lowest BCUT2D eigenvalue weighted by molar-refractivity contribution is 0.552. The monoisotopic (exact) mass is 287 g/mol. The van der Waals surface area contributed by atoms with Crippen LogP contribution in [0.25, 0.3) is 21.8 Å². The molecule has 1 atom stereocenters. The van der Waals surface area contributed by atoms with Gasteiger partial charge in [0.05, 0.1) is 6.04 Å². The zero-order chi connectivity index (χ0) is 14.5. The van der Waals surface area contributed by atoms with E-state index in [1.54, 1.807) is 0 Å². The second kappa shape index (κ2) is 4.49. The fourth-order valence-corrected chi connectivity index (χ4v) is 3.70. The van der Waals surface area contributed by atoms with Gasteiger partial charge in [0.1, 0.15) is 0 Å². The summed E-state index contributed by atoms with van der Waals surface area (Å²) in [4.78, 5) is 7.19. The van der Waals surface area contributed by atoms with E-state index in [2.05, 4.69) is 69.9 Å². The Morgan fingerprint density at radius 2 is 1.68 bits per heavy atom. The fraction of sp³-hybridized carbons (Fsp3) is 0.158. The molecule has 3 nitrogen and oxygen atoms in total. The molecule has 2 aromatic carbocycles. The van der Waals surface area contributed by atoms with Crippen LogP contribution in [-0.2, 0) is 6.42 Å². The van der Waals surface area contributed by atoms with Crippen LogP contribution in [0.1, 0.15) is 23.0 Å². The maximum atomic E-state index is 3.65. The van der Waals surface area contributed by atoms with Crippen LogP contribution < -0.4 is 5.32 Å². The molecule has 22 heavy (non-hydrogen) atoms. The Hall–Kier alpha value is -2.52. The smallest absolute Gasteiger partial charge is 0.0884 e. The Balaban J connectivity index is 1.71. The first-order valence-corrected chi connectivity index (χ1v) is 7.81. The summed E-state index contributed by atoms with van der Waals surface area (Å²) in [7, 11) is 0. The van der Waals surface area contributed by atoms with Gasteiger partial charge in [0, 0.05) is 34.4 Å². The highest BCUT2D eigenvalue weighted by molar-refractivity contribution is 5.86. The van der Waals surface area contributed by atoms with Gasteiger partial charge in [-0.25, -0.2) is 0 Å². The molecule has 1 unspecified atom stereocenters. The van der Waals surface area contributed by atoms with Gasteiger partial charge >= 0.3 is 0 Å². The number of H-pyrrole nitrogens is 2. The van der Waals surface area contributed by atoms with Gasteiger partial charge in [-0.1, -0.05) is 36.4 Å². The van der Waals surface area contributed by atoms with E-state index < -0.39 is 0 Å². The van der Waals surface area contributed by atoms with Gasteiger partial charge in [0.25, 0.3) is 0 Å². The molecule has 0 spiro atoms. The quantitative estimate of drug-likeness (QED) is 0.488. The first-order valence-electron chi connectivity index (χ1n) is 7.81. The number of rotatable bonds is 1. The number of nitrogens with one attached hydrogen (secondary N) is 3. The lowest BCUT2D eigenvalue weighted by Crippen LogP contribution is -2.30. The highest BCUT2D eigenvalue weighted by atomic mass is 15.0. The van der Waals surface area contributed by atoms with Crippen molar-refractivity contribution in [2.24, 2.45) is 0 Å². The molecule has 4 aromatic rings. The third-order valence-corrected chi connectivity index (χ3v) is 4.72. The number of hydrogen-bond acceptors (Lipinski definition) is 1. The second-order valence-electron chi connectivity index (χ2n) is 6.01. The van der Waals surface area contributed by atoms with Crippen molar-refractivity contribution in [1.82, 2.24) is 15.3 Å². The van der Waals surface area contributed by atoms with E-state index in [0.29, 0.717) is 0 Å². The van der Waals surface area contributed by atoms with E-state index in [-0.39, 0.29) is 6.04 Å². The molecular formula is C19H17N3. The van der Waals surface area contributed by atoms with Gasteiger partial charge in [-0.3, -0.25) is 0 Å². The Bertz CT molecular complexity index is 944. The fourth-order valence-electron chi connectivity index (χ4n) is 3.70. The molecule has 0 radical (unpaired) electrons. The van der Waals surface area contributed by atoms with E-state index >= 15 is 0 Å². The largest absolute Gasteiger partial charge is 0.357 e. The lowest BCUT2D eigenvalue weighted by Gasteiger charge is -2.23. The maximum Gasteiger partial charge on any atom is 0.0884 e. The number of fused-ring (bicyclic) bond motifs is 4. The average Bonchev–Trinajstić information content (AvgIpc) is 3.15. The summed E-state index contributed by atoms with van der Waals surface area (Å²) in [6, 6.07) is 19.5. The van der Waals surface area contributed by atoms with Gasteiger partial charge in [0.2, 0.25) is 0 Å². The van der Waals surface area contributed by atoms with Crippen molar-refractivity contribution in [3.63, 3.8) is 0 Å². The summed E-state index contributed by atoms with van der Waals surface area (Å²) < 4.78 is 0. The minimum atomic E-state index is 0.212. The molecule has 0 bridgehead atoms. The Morgan fingerprint density at radius 1 is 0.864 bits per heavy atom. The molecule has 3 heteroatoms. The van der Waals surface area contributed by atoms with Crippen molar-refractivity contribution in [3.05, 3.63) is 71.5 Å². The molecule has 1 aliphatic heterocycles. The normalized spacial score (nSPS) is 17.9. The molecule has 0 amide bonds. The standard InChI is InChI=1S/C19H17N3/c1-3-7-15-12(5-1)11-17(21-15)19-18-14(9-10-20-19)13-6-2-4-8-16(13)22-18/h1-8,11,19-22H,9-10H2. The zero-order valence-electron chi connectivity index (χ0n) is 12.2. The van der Waals surface area contributed by atoms with Crippen molar-refractivity contribution < 1.29 is 0 Å². The minimum Gasteiger partial charge on any atom is -0.357 e. The van der Waals surface area contributed by atoms with Gasteiger partial charge in [0.15, 0.2) is 0 Å². The predicted molar refractivity (Wildman–Crippen MR) is 90.1 cm³/mol. The number of benzene rings is 2. The third-order valence-electron chi connectivity index (χ3n) is 4.72. The van der Waals surface area contributed by atoms with Crippen LogP contribution in [-0.4, -0.2) is 16.5 Å². The molecule has 0 saturated carbocycles. The number of para-hydroxylation sites is 2. The summed E-state index contributed by atoms with van der Waals surface area (Å²) >= 11 is 0. The molecule has 0 aliphatic carbocycles. The highest BCUT2D eigenvalue weighted by Crippen LogP contribution is 2.34. The Labute approximate surface area is 128 Å². The van der Waals surface area contributed by atoms with E-state index in [0.717, 1.165) is 13.0 Å². The number of aromatic amines is 2. The number of hydrogen-bond donors (Lipinski definition) is 3. The van der Waals surface area contributed by atoms with Crippen LogP contribution in [0.4, 0.5) is 0 Å². The summed E-state index contributed by atoms with van der Waals surface area (Å²) in [5, 5.41) is 6.28. The first-order chi connectivity index (χ1) is 10.9. The molecule has 0 saturated heterocycles. The molecular weight excluding hydrogens is 270 g/mol. The predicted octanol–water partition coefficient (Wildman–Crippen LogP) is 3.88. The Kier molecular flexibility index (Phi) is 2.46. The van der Waals surface area contributed by atoms with Gasteiger partial charge in [-0.15, -0.1) is 0 Å². The van der Waals surface area contributed by atoms with Crippen LogP contribution >= 0.6 is 0 Å². The van der Waals surface area contributed by atoms with Crippen molar-refractivity contribution >= 4 is 21.8 Å². The van der Waals surface area contributed by atoms with E-state index in [9.17, 15) is 0 Å². The zero-order valence-corrected chi connectivity index (χ0v) is 12.2. The molecule has 3 heterocycles. The van der Waals surface area contributed by atoms with Crippen LogP contribution in [0.5, 0.6) is 0 Å². The highest BCUT2D eigenvalue weighted by Gasteiger charge is 2.26. The molecule has 3 N–H and O–H groups in total.